The van der Waals surface area contributed by atoms with E-state index in [0.29, 0.717) is 12.0 Å². The van der Waals surface area contributed by atoms with E-state index in [0.717, 1.165) is 32.5 Å². The van der Waals surface area contributed by atoms with E-state index in [4.69, 9.17) is 5.73 Å². The molecule has 0 saturated carbocycles. The second-order valence-corrected chi connectivity index (χ2v) is 4.23. The van der Waals surface area contributed by atoms with Crippen LogP contribution in [0.1, 0.15) is 26.7 Å². The number of hydrogen-bond donors (Lipinski definition) is 2. The van der Waals surface area contributed by atoms with Crippen molar-refractivity contribution in [2.24, 2.45) is 11.7 Å². The molecule has 0 bridgehead atoms. The molecule has 1 rings (SSSR count). The van der Waals surface area contributed by atoms with Gasteiger partial charge in [0.05, 0.1) is 6.10 Å². The van der Waals surface area contributed by atoms with Gasteiger partial charge in [-0.2, -0.15) is 0 Å². The van der Waals surface area contributed by atoms with Gasteiger partial charge in [-0.1, -0.05) is 13.3 Å². The van der Waals surface area contributed by atoms with Crippen molar-refractivity contribution < 1.29 is 5.11 Å². The Bertz CT molecular complexity index is 150. The van der Waals surface area contributed by atoms with Gasteiger partial charge in [-0.05, 0) is 25.8 Å². The highest BCUT2D eigenvalue weighted by Gasteiger charge is 2.25. The van der Waals surface area contributed by atoms with Crippen molar-refractivity contribution in [2.45, 2.75) is 38.8 Å². The van der Waals surface area contributed by atoms with E-state index in [1.807, 2.05) is 6.92 Å². The lowest BCUT2D eigenvalue weighted by atomic mass is 9.90. The molecule has 3 unspecified atom stereocenters. The lowest BCUT2D eigenvalue weighted by Crippen LogP contribution is -2.48. The number of rotatable bonds is 3. The van der Waals surface area contributed by atoms with Gasteiger partial charge in [0.25, 0.3) is 0 Å². The van der Waals surface area contributed by atoms with Crippen LogP contribution in [-0.4, -0.2) is 41.8 Å². The molecule has 0 aromatic heterocycles. The van der Waals surface area contributed by atoms with E-state index in [1.165, 1.54) is 0 Å². The first-order valence-electron chi connectivity index (χ1n) is 5.29. The van der Waals surface area contributed by atoms with Gasteiger partial charge in [-0.3, -0.25) is 0 Å². The van der Waals surface area contributed by atoms with Crippen LogP contribution in [0.3, 0.4) is 0 Å². The molecule has 1 heterocycles. The average molecular weight is 186 g/mol. The Morgan fingerprint density at radius 3 is 2.85 bits per heavy atom. The zero-order valence-electron chi connectivity index (χ0n) is 8.74. The number of nitrogens with zero attached hydrogens (tertiary/aromatic N) is 1. The molecule has 0 amide bonds. The molecule has 0 aliphatic carbocycles. The molecule has 3 nitrogen and oxygen atoms in total. The molecule has 0 radical (unpaired) electrons. The summed E-state index contributed by atoms with van der Waals surface area (Å²) in [6.45, 7) is 6.93. The van der Waals surface area contributed by atoms with Gasteiger partial charge in [-0.15, -0.1) is 0 Å². The van der Waals surface area contributed by atoms with E-state index in [2.05, 4.69) is 11.8 Å². The highest BCUT2D eigenvalue weighted by molar-refractivity contribution is 4.82. The van der Waals surface area contributed by atoms with Crippen LogP contribution in [0.15, 0.2) is 0 Å². The minimum absolute atomic E-state index is 0.216. The number of hydrogen-bond acceptors (Lipinski definition) is 3. The summed E-state index contributed by atoms with van der Waals surface area (Å²) >= 11 is 0. The standard InChI is InChI=1S/C10H22N2O/c1-3-9-7-12(6-8(2)13)5-4-10(9)11/h8-10,13H,3-7,11H2,1-2H3. The Hall–Kier alpha value is -0.120. The normalized spacial score (nSPS) is 33.2. The van der Waals surface area contributed by atoms with Crippen molar-refractivity contribution in [3.05, 3.63) is 0 Å². The van der Waals surface area contributed by atoms with Crippen LogP contribution in [-0.2, 0) is 0 Å². The second-order valence-electron chi connectivity index (χ2n) is 4.23. The van der Waals surface area contributed by atoms with Crippen molar-refractivity contribution in [1.29, 1.82) is 0 Å². The first-order valence-corrected chi connectivity index (χ1v) is 5.29. The maximum absolute atomic E-state index is 9.26. The summed E-state index contributed by atoms with van der Waals surface area (Å²) in [5.74, 6) is 0.618. The fraction of sp³-hybridized carbons (Fsp3) is 1.00. The number of aliphatic hydroxyl groups is 1. The summed E-state index contributed by atoms with van der Waals surface area (Å²) in [7, 11) is 0. The molecule has 1 saturated heterocycles. The topological polar surface area (TPSA) is 49.5 Å². The monoisotopic (exact) mass is 186 g/mol. The zero-order valence-corrected chi connectivity index (χ0v) is 8.74. The SMILES string of the molecule is CCC1CN(CC(C)O)CCC1N. The van der Waals surface area contributed by atoms with Crippen LogP contribution in [0.2, 0.25) is 0 Å². The maximum atomic E-state index is 9.26. The van der Waals surface area contributed by atoms with Crippen LogP contribution >= 0.6 is 0 Å². The quantitative estimate of drug-likeness (QED) is 0.672. The van der Waals surface area contributed by atoms with E-state index in [9.17, 15) is 5.11 Å². The van der Waals surface area contributed by atoms with E-state index in [-0.39, 0.29) is 6.10 Å². The zero-order chi connectivity index (χ0) is 9.84. The van der Waals surface area contributed by atoms with Gasteiger partial charge in [-0.25, -0.2) is 0 Å². The number of likely N-dealkylation sites (tertiary alicyclic amines) is 1. The van der Waals surface area contributed by atoms with Gasteiger partial charge in [0.15, 0.2) is 0 Å². The summed E-state index contributed by atoms with van der Waals surface area (Å²) < 4.78 is 0. The molecule has 0 spiro atoms. The van der Waals surface area contributed by atoms with Gasteiger partial charge in [0.2, 0.25) is 0 Å². The molecule has 3 atom stereocenters. The molecule has 1 aliphatic heterocycles. The first kappa shape index (κ1) is 11.0. The third kappa shape index (κ3) is 3.25. The number of piperidine rings is 1. The van der Waals surface area contributed by atoms with Gasteiger partial charge >= 0.3 is 0 Å². The molecular weight excluding hydrogens is 164 g/mol. The summed E-state index contributed by atoms with van der Waals surface area (Å²) in [5, 5.41) is 9.26. The predicted molar refractivity (Wildman–Crippen MR) is 54.5 cm³/mol. The second kappa shape index (κ2) is 4.94. The molecule has 1 aliphatic rings. The van der Waals surface area contributed by atoms with Crippen molar-refractivity contribution in [3.8, 4) is 0 Å². The highest BCUT2D eigenvalue weighted by Crippen LogP contribution is 2.18. The van der Waals surface area contributed by atoms with Crippen molar-refractivity contribution >= 4 is 0 Å². The minimum atomic E-state index is -0.216. The fourth-order valence-corrected chi connectivity index (χ4v) is 2.10. The Morgan fingerprint density at radius 2 is 2.31 bits per heavy atom. The number of β-amino-alcohol motifs (C(OH)–C–C–N with tert-alkyl or cyclic N) is 1. The molecule has 3 heteroatoms. The van der Waals surface area contributed by atoms with Gasteiger partial charge in [0, 0.05) is 19.1 Å². The smallest absolute Gasteiger partial charge is 0.0639 e. The van der Waals surface area contributed by atoms with E-state index in [1.54, 1.807) is 0 Å². The molecule has 0 aromatic rings. The summed E-state index contributed by atoms with van der Waals surface area (Å²) in [5.41, 5.74) is 5.99. The molecule has 3 N–H and O–H groups in total. The molecular formula is C10H22N2O. The summed E-state index contributed by atoms with van der Waals surface area (Å²) in [4.78, 5) is 2.32. The van der Waals surface area contributed by atoms with Crippen molar-refractivity contribution in [1.82, 2.24) is 4.90 Å². The van der Waals surface area contributed by atoms with E-state index >= 15 is 0 Å². The predicted octanol–water partition coefficient (Wildman–Crippen LogP) is 0.426. The average Bonchev–Trinajstić information content (AvgIpc) is 2.07. The Balaban J connectivity index is 2.36. The first-order chi connectivity index (χ1) is 6.13. The molecule has 78 valence electrons. The fourth-order valence-electron chi connectivity index (χ4n) is 2.10. The van der Waals surface area contributed by atoms with Gasteiger partial charge in [0.1, 0.15) is 0 Å². The lowest BCUT2D eigenvalue weighted by Gasteiger charge is -2.37. The highest BCUT2D eigenvalue weighted by atomic mass is 16.3. The lowest BCUT2D eigenvalue weighted by molar-refractivity contribution is 0.0858. The van der Waals surface area contributed by atoms with Crippen LogP contribution in [0.25, 0.3) is 0 Å². The van der Waals surface area contributed by atoms with Gasteiger partial charge < -0.3 is 15.7 Å². The van der Waals surface area contributed by atoms with Crippen LogP contribution in [0, 0.1) is 5.92 Å². The Labute approximate surface area is 80.9 Å². The Morgan fingerprint density at radius 1 is 1.62 bits per heavy atom. The van der Waals surface area contributed by atoms with Crippen LogP contribution in [0.4, 0.5) is 0 Å². The van der Waals surface area contributed by atoms with E-state index < -0.39 is 0 Å². The molecule has 13 heavy (non-hydrogen) atoms. The molecule has 1 fully saturated rings. The third-order valence-corrected chi connectivity index (χ3v) is 2.92. The summed E-state index contributed by atoms with van der Waals surface area (Å²) in [6.07, 6.45) is 2.01. The number of aliphatic hydroxyl groups excluding tert-OH is 1. The Kier molecular flexibility index (Phi) is 4.16. The summed E-state index contributed by atoms with van der Waals surface area (Å²) in [6, 6.07) is 0.371. The van der Waals surface area contributed by atoms with Crippen molar-refractivity contribution in [2.75, 3.05) is 19.6 Å². The van der Waals surface area contributed by atoms with Crippen LogP contribution in [0.5, 0.6) is 0 Å². The third-order valence-electron chi connectivity index (χ3n) is 2.92. The number of nitrogens with two attached hydrogens (primary N) is 1. The largest absolute Gasteiger partial charge is 0.392 e. The maximum Gasteiger partial charge on any atom is 0.0639 e. The molecule has 0 aromatic carbocycles. The minimum Gasteiger partial charge on any atom is -0.392 e. The van der Waals surface area contributed by atoms with Crippen molar-refractivity contribution in [3.63, 3.8) is 0 Å². The van der Waals surface area contributed by atoms with Crippen LogP contribution < -0.4 is 5.73 Å².